The number of fused-ring (bicyclic) bond motifs is 1. The maximum absolute atomic E-state index is 13.2. The molecule has 1 heterocycles. The fraction of sp³-hybridized carbons (Fsp3) is 0.148. The molecule has 0 aliphatic heterocycles. The van der Waals surface area contributed by atoms with Gasteiger partial charge in [-0.15, -0.1) is 4.73 Å². The third-order valence-electron chi connectivity index (χ3n) is 5.61. The van der Waals surface area contributed by atoms with Crippen LogP contribution in [0.3, 0.4) is 0 Å². The van der Waals surface area contributed by atoms with Gasteiger partial charge in [0.15, 0.2) is 5.78 Å². The second-order valence-corrected chi connectivity index (χ2v) is 8.08. The van der Waals surface area contributed by atoms with Crippen LogP contribution in [0, 0.1) is 0 Å². The summed E-state index contributed by atoms with van der Waals surface area (Å²) in [5.74, 6) is -1.81. The zero-order valence-corrected chi connectivity index (χ0v) is 19.5. The Kier molecular flexibility index (Phi) is 7.01. The monoisotopic (exact) mass is 510 g/mol. The van der Waals surface area contributed by atoms with Gasteiger partial charge in [-0.05, 0) is 42.8 Å². The van der Waals surface area contributed by atoms with E-state index in [-0.39, 0.29) is 35.4 Å². The normalized spacial score (nSPS) is 11.4. The lowest BCUT2D eigenvalue weighted by atomic mass is 10.0. The number of amides is 1. The number of ketones is 1. The topological polar surface area (TPSA) is 97.6 Å². The molecule has 10 heteroatoms. The van der Waals surface area contributed by atoms with Crippen molar-refractivity contribution >= 4 is 22.6 Å². The Morgan fingerprint density at radius 3 is 2.27 bits per heavy atom. The summed E-state index contributed by atoms with van der Waals surface area (Å²) < 4.78 is 39.3. The first-order chi connectivity index (χ1) is 17.6. The number of pyridine rings is 1. The lowest BCUT2D eigenvalue weighted by molar-refractivity contribution is -0.137. The molecule has 0 saturated heterocycles. The predicted molar refractivity (Wildman–Crippen MR) is 129 cm³/mol. The Balaban J connectivity index is 1.79. The lowest BCUT2D eigenvalue weighted by Crippen LogP contribution is -2.36. The average molecular weight is 510 g/mol. The van der Waals surface area contributed by atoms with Crippen LogP contribution in [0.15, 0.2) is 77.6 Å². The molecule has 190 valence electrons. The number of aromatic hydroxyl groups is 1. The van der Waals surface area contributed by atoms with Gasteiger partial charge in [-0.25, -0.2) is 0 Å². The molecule has 2 N–H and O–H groups in total. The zero-order valence-electron chi connectivity index (χ0n) is 19.5. The largest absolute Gasteiger partial charge is 0.506 e. The van der Waals surface area contributed by atoms with Gasteiger partial charge >= 0.3 is 6.18 Å². The smallest absolute Gasteiger partial charge is 0.416 e. The molecule has 0 bridgehead atoms. The van der Waals surface area contributed by atoms with Gasteiger partial charge in [0.05, 0.1) is 11.1 Å². The number of alkyl halides is 3. The van der Waals surface area contributed by atoms with E-state index in [9.17, 15) is 32.7 Å². The highest BCUT2D eigenvalue weighted by Crippen LogP contribution is 2.30. The number of benzene rings is 3. The van der Waals surface area contributed by atoms with E-state index in [2.05, 4.69) is 5.32 Å². The first kappa shape index (κ1) is 25.5. The molecule has 0 atom stereocenters. The van der Waals surface area contributed by atoms with Gasteiger partial charge in [0.2, 0.25) is 0 Å². The van der Waals surface area contributed by atoms with Crippen LogP contribution in [0.2, 0.25) is 0 Å². The second-order valence-electron chi connectivity index (χ2n) is 8.08. The van der Waals surface area contributed by atoms with Crippen molar-refractivity contribution in [3.05, 3.63) is 111 Å². The molecule has 0 aliphatic rings. The van der Waals surface area contributed by atoms with Gasteiger partial charge in [0.25, 0.3) is 11.5 Å². The van der Waals surface area contributed by atoms with Gasteiger partial charge < -0.3 is 15.3 Å². The molecule has 7 nitrogen and oxygen atoms in total. The summed E-state index contributed by atoms with van der Waals surface area (Å²) in [6.07, 6.45) is -4.50. The van der Waals surface area contributed by atoms with E-state index in [1.807, 2.05) is 0 Å². The van der Waals surface area contributed by atoms with Crippen molar-refractivity contribution in [2.24, 2.45) is 0 Å². The number of carbonyl (C=O) groups is 2. The Hall–Kier alpha value is -4.60. The van der Waals surface area contributed by atoms with Crippen molar-refractivity contribution in [1.82, 2.24) is 10.0 Å². The summed E-state index contributed by atoms with van der Waals surface area (Å²) in [6, 6.07) is 16.8. The highest BCUT2D eigenvalue weighted by molar-refractivity contribution is 6.11. The van der Waals surface area contributed by atoms with E-state index >= 15 is 0 Å². The molecule has 4 rings (SSSR count). The van der Waals surface area contributed by atoms with Crippen LogP contribution in [-0.4, -0.2) is 28.1 Å². The molecule has 0 aliphatic carbocycles. The van der Waals surface area contributed by atoms with Gasteiger partial charge in [-0.3, -0.25) is 14.4 Å². The molecule has 37 heavy (non-hydrogen) atoms. The summed E-state index contributed by atoms with van der Waals surface area (Å²) in [5, 5.41) is 13.3. The molecule has 0 saturated carbocycles. The van der Waals surface area contributed by atoms with Crippen molar-refractivity contribution in [2.75, 3.05) is 6.54 Å². The molecule has 1 amide bonds. The van der Waals surface area contributed by atoms with Crippen LogP contribution in [0.5, 0.6) is 5.75 Å². The van der Waals surface area contributed by atoms with Crippen LogP contribution >= 0.6 is 0 Å². The van der Waals surface area contributed by atoms with E-state index in [0.717, 1.165) is 16.9 Å². The quantitative estimate of drug-likeness (QED) is 0.361. The minimum absolute atomic E-state index is 0.00931. The lowest BCUT2D eigenvalue weighted by Gasteiger charge is -2.16. The Bertz CT molecular complexity index is 1530. The molecular formula is C27H21F3N2O5. The Morgan fingerprint density at radius 1 is 0.973 bits per heavy atom. The summed E-state index contributed by atoms with van der Waals surface area (Å²) >= 11 is 0. The number of rotatable bonds is 7. The Labute approximate surface area is 208 Å². The van der Waals surface area contributed by atoms with Crippen molar-refractivity contribution < 1.29 is 32.7 Å². The zero-order chi connectivity index (χ0) is 26.7. The molecule has 0 radical (unpaired) electrons. The maximum Gasteiger partial charge on any atom is 0.416 e. The SMILES string of the molecule is CCNC(=O)c1c(O)c2cc(C(=O)c3ccccc3)ccc2n(OCc2ccc(C(F)(F)F)cc2)c1=O. The van der Waals surface area contributed by atoms with Crippen LogP contribution in [-0.2, 0) is 12.8 Å². The first-order valence-corrected chi connectivity index (χ1v) is 11.2. The number of nitrogens with zero attached hydrogens (tertiary/aromatic N) is 1. The number of nitrogens with one attached hydrogen (secondary N) is 1. The molecule has 0 fully saturated rings. The van der Waals surface area contributed by atoms with Crippen molar-refractivity contribution in [3.8, 4) is 5.75 Å². The molecule has 3 aromatic carbocycles. The standard InChI is InChI=1S/C27H21F3N2O5/c1-2-31-25(35)22-24(34)20-14-18(23(33)17-6-4-3-5-7-17)10-13-21(20)32(26(22)36)37-15-16-8-11-19(12-9-16)27(28,29)30/h3-14,34H,2,15H2,1H3,(H,31,35). The van der Waals surface area contributed by atoms with E-state index in [0.29, 0.717) is 11.1 Å². The maximum atomic E-state index is 13.2. The number of carbonyl (C=O) groups excluding carboxylic acids is 2. The molecule has 0 unspecified atom stereocenters. The van der Waals surface area contributed by atoms with Crippen LogP contribution in [0.25, 0.3) is 10.9 Å². The Morgan fingerprint density at radius 2 is 1.65 bits per heavy atom. The summed E-state index contributed by atoms with van der Waals surface area (Å²) in [7, 11) is 0. The minimum Gasteiger partial charge on any atom is -0.506 e. The molecular weight excluding hydrogens is 489 g/mol. The number of hydrogen-bond acceptors (Lipinski definition) is 5. The van der Waals surface area contributed by atoms with Crippen molar-refractivity contribution in [2.45, 2.75) is 19.7 Å². The summed E-state index contributed by atoms with van der Waals surface area (Å²) in [4.78, 5) is 44.3. The number of hydrogen-bond donors (Lipinski definition) is 2. The first-order valence-electron chi connectivity index (χ1n) is 11.2. The highest BCUT2D eigenvalue weighted by Gasteiger charge is 2.30. The van der Waals surface area contributed by atoms with Crippen molar-refractivity contribution in [1.29, 1.82) is 0 Å². The van der Waals surface area contributed by atoms with Crippen LogP contribution < -0.4 is 15.7 Å². The van der Waals surface area contributed by atoms with Crippen molar-refractivity contribution in [3.63, 3.8) is 0 Å². The van der Waals surface area contributed by atoms with E-state index in [1.54, 1.807) is 37.3 Å². The highest BCUT2D eigenvalue weighted by atomic mass is 19.4. The average Bonchev–Trinajstić information content (AvgIpc) is 2.88. The van der Waals surface area contributed by atoms with E-state index < -0.39 is 34.5 Å². The van der Waals surface area contributed by atoms with Gasteiger partial charge in [-0.2, -0.15) is 13.2 Å². The fourth-order valence-corrected chi connectivity index (χ4v) is 3.76. The molecule has 0 spiro atoms. The number of halogens is 3. The molecule has 4 aromatic rings. The second kappa shape index (κ2) is 10.2. The summed E-state index contributed by atoms with van der Waals surface area (Å²) in [5.41, 5.74) is -1.40. The van der Waals surface area contributed by atoms with Crippen LogP contribution in [0.4, 0.5) is 13.2 Å². The van der Waals surface area contributed by atoms with E-state index in [1.165, 1.54) is 30.3 Å². The molecule has 1 aromatic heterocycles. The third kappa shape index (κ3) is 5.18. The van der Waals surface area contributed by atoms with Gasteiger partial charge in [-0.1, -0.05) is 42.5 Å². The van der Waals surface area contributed by atoms with Crippen LogP contribution in [0.1, 0.15) is 44.3 Å². The van der Waals surface area contributed by atoms with Gasteiger partial charge in [0, 0.05) is 23.1 Å². The fourth-order valence-electron chi connectivity index (χ4n) is 3.76. The predicted octanol–water partition coefficient (Wildman–Crippen LogP) is 4.34. The minimum atomic E-state index is -4.50. The van der Waals surface area contributed by atoms with Gasteiger partial charge in [0.1, 0.15) is 17.9 Å². The third-order valence-corrected chi connectivity index (χ3v) is 5.61. The number of aromatic nitrogens is 1. The summed E-state index contributed by atoms with van der Waals surface area (Å²) in [6.45, 7) is 1.50. The van der Waals surface area contributed by atoms with E-state index in [4.69, 9.17) is 4.84 Å².